The summed E-state index contributed by atoms with van der Waals surface area (Å²) in [6, 6.07) is 14.2. The first-order valence-electron chi connectivity index (χ1n) is 7.83. The number of nitrogens with two attached hydrogens (primary N) is 2. The maximum atomic E-state index is 13.2. The van der Waals surface area contributed by atoms with Crippen molar-refractivity contribution < 1.29 is 8.42 Å². The number of hydrogen-bond donors (Lipinski definition) is 2. The highest BCUT2D eigenvalue weighted by molar-refractivity contribution is 7.92. The van der Waals surface area contributed by atoms with E-state index >= 15 is 0 Å². The van der Waals surface area contributed by atoms with Crippen LogP contribution in [0, 0.1) is 12.3 Å². The van der Waals surface area contributed by atoms with Gasteiger partial charge in [-0.15, -0.1) is 0 Å². The van der Waals surface area contributed by atoms with Gasteiger partial charge in [0.2, 0.25) is 0 Å². The van der Waals surface area contributed by atoms with Crippen molar-refractivity contribution in [3.05, 3.63) is 64.7 Å². The summed E-state index contributed by atoms with van der Waals surface area (Å²) in [6.45, 7) is 2.38. The molecule has 2 atom stereocenters. The topological polar surface area (TPSA) is 86.2 Å². The smallest absolute Gasteiger partial charge is 0.182 e. The molecule has 1 aliphatic rings. The average Bonchev–Trinajstić information content (AvgIpc) is 3.26. The maximum Gasteiger partial charge on any atom is 0.182 e. The molecule has 2 aromatic rings. The Morgan fingerprint density at radius 2 is 1.54 bits per heavy atom. The molecule has 0 amide bonds. The van der Waals surface area contributed by atoms with Gasteiger partial charge in [0.05, 0.1) is 10.1 Å². The third kappa shape index (κ3) is 2.65. The lowest BCUT2D eigenvalue weighted by molar-refractivity contribution is 0.510. The molecule has 4 nitrogen and oxygen atoms in total. The average molecular weight is 365 g/mol. The zero-order valence-electron chi connectivity index (χ0n) is 13.4. The van der Waals surface area contributed by atoms with Gasteiger partial charge in [-0.1, -0.05) is 41.4 Å². The third-order valence-electron chi connectivity index (χ3n) is 5.05. The van der Waals surface area contributed by atoms with Crippen LogP contribution in [0.2, 0.25) is 5.02 Å². The van der Waals surface area contributed by atoms with E-state index in [-0.39, 0.29) is 19.0 Å². The summed E-state index contributed by atoms with van der Waals surface area (Å²) in [5.41, 5.74) is 13.2. The van der Waals surface area contributed by atoms with Crippen LogP contribution in [-0.4, -0.2) is 26.8 Å². The molecule has 1 aliphatic carbocycles. The number of aryl methyl sites for hydroxylation is 1. The van der Waals surface area contributed by atoms with Crippen LogP contribution in [0.4, 0.5) is 0 Å². The normalized spacial score (nSPS) is 22.3. The number of sulfone groups is 1. The Labute approximate surface area is 147 Å². The Hall–Kier alpha value is -1.40. The molecule has 128 valence electrons. The Morgan fingerprint density at radius 1 is 1.00 bits per heavy atom. The number of rotatable bonds is 5. The molecule has 0 spiro atoms. The first kappa shape index (κ1) is 17.4. The highest BCUT2D eigenvalue weighted by Gasteiger charge is 2.69. The second kappa shape index (κ2) is 6.15. The second-order valence-electron chi connectivity index (χ2n) is 6.45. The van der Waals surface area contributed by atoms with Crippen LogP contribution >= 0.6 is 11.6 Å². The number of hydrogen-bond acceptors (Lipinski definition) is 4. The molecule has 6 heteroatoms. The van der Waals surface area contributed by atoms with E-state index in [0.29, 0.717) is 9.92 Å². The SMILES string of the molecule is Cc1ccc(S(=O)(=O)[C@@H]2[C@@H](c3ccc(Cl)cc3)C2(CN)CN)cc1. The van der Waals surface area contributed by atoms with Gasteiger partial charge in [0, 0.05) is 29.4 Å². The molecule has 0 radical (unpaired) electrons. The van der Waals surface area contributed by atoms with E-state index in [9.17, 15) is 8.42 Å². The van der Waals surface area contributed by atoms with Crippen molar-refractivity contribution >= 4 is 21.4 Å². The van der Waals surface area contributed by atoms with E-state index in [1.807, 2.05) is 19.1 Å². The molecule has 0 unspecified atom stereocenters. The van der Waals surface area contributed by atoms with Crippen LogP contribution in [0.15, 0.2) is 53.4 Å². The molecule has 4 N–H and O–H groups in total. The molecule has 0 aliphatic heterocycles. The Kier molecular flexibility index (Phi) is 4.47. The molecule has 3 rings (SSSR count). The first-order chi connectivity index (χ1) is 11.4. The predicted octanol–water partition coefficient (Wildman–Crippen LogP) is 2.49. The van der Waals surface area contributed by atoms with Gasteiger partial charge in [0.25, 0.3) is 0 Å². The summed E-state index contributed by atoms with van der Waals surface area (Å²) in [5.74, 6) is -0.212. The third-order valence-corrected chi connectivity index (χ3v) is 7.64. The Morgan fingerprint density at radius 3 is 2.04 bits per heavy atom. The number of benzene rings is 2. The van der Waals surface area contributed by atoms with Crippen LogP contribution in [0.25, 0.3) is 0 Å². The minimum Gasteiger partial charge on any atom is -0.330 e. The molecular formula is C18H21ClN2O2S. The van der Waals surface area contributed by atoms with Crippen molar-refractivity contribution in [3.8, 4) is 0 Å². The zero-order chi connectivity index (χ0) is 17.5. The molecule has 0 saturated heterocycles. The van der Waals surface area contributed by atoms with Gasteiger partial charge in [-0.05, 0) is 36.8 Å². The van der Waals surface area contributed by atoms with Gasteiger partial charge < -0.3 is 11.5 Å². The van der Waals surface area contributed by atoms with Crippen molar-refractivity contribution in [1.82, 2.24) is 0 Å². The Bertz CT molecular complexity index is 828. The lowest BCUT2D eigenvalue weighted by Crippen LogP contribution is -2.31. The van der Waals surface area contributed by atoms with E-state index in [1.165, 1.54) is 0 Å². The maximum absolute atomic E-state index is 13.2. The molecule has 2 aromatic carbocycles. The van der Waals surface area contributed by atoms with E-state index in [1.54, 1.807) is 36.4 Å². The highest BCUT2D eigenvalue weighted by atomic mass is 35.5. The van der Waals surface area contributed by atoms with E-state index in [4.69, 9.17) is 23.1 Å². The van der Waals surface area contributed by atoms with Crippen molar-refractivity contribution in [2.24, 2.45) is 16.9 Å². The fraction of sp³-hybridized carbons (Fsp3) is 0.333. The van der Waals surface area contributed by atoms with E-state index in [2.05, 4.69) is 0 Å². The molecule has 1 fully saturated rings. The van der Waals surface area contributed by atoms with Crippen molar-refractivity contribution in [1.29, 1.82) is 0 Å². The lowest BCUT2D eigenvalue weighted by atomic mass is 9.99. The quantitative estimate of drug-likeness (QED) is 0.853. The summed E-state index contributed by atoms with van der Waals surface area (Å²) in [6.07, 6.45) is 0. The fourth-order valence-electron chi connectivity index (χ4n) is 3.56. The van der Waals surface area contributed by atoms with Crippen molar-refractivity contribution in [2.45, 2.75) is 23.0 Å². The molecule has 0 bridgehead atoms. The Balaban J connectivity index is 2.04. The summed E-state index contributed by atoms with van der Waals surface area (Å²) < 4.78 is 26.3. The standard InChI is InChI=1S/C18H21ClN2O2S/c1-12-2-8-15(9-3-12)24(22,23)17-16(18(17,10-20)11-21)13-4-6-14(19)7-5-13/h2-9,16-17H,10-11,20-21H2,1H3/t16-,17-/m1/s1. The fourth-order valence-corrected chi connectivity index (χ4v) is 6.16. The summed E-state index contributed by atoms with van der Waals surface area (Å²) in [7, 11) is -3.51. The molecular weight excluding hydrogens is 344 g/mol. The van der Waals surface area contributed by atoms with Crippen molar-refractivity contribution in [3.63, 3.8) is 0 Å². The van der Waals surface area contributed by atoms with Crippen LogP contribution < -0.4 is 11.5 Å². The van der Waals surface area contributed by atoms with E-state index in [0.717, 1.165) is 11.1 Å². The highest BCUT2D eigenvalue weighted by Crippen LogP contribution is 2.63. The summed E-state index contributed by atoms with van der Waals surface area (Å²) >= 11 is 5.94. The van der Waals surface area contributed by atoms with Crippen molar-refractivity contribution in [2.75, 3.05) is 13.1 Å². The van der Waals surface area contributed by atoms with Crippen LogP contribution in [-0.2, 0) is 9.84 Å². The number of halogens is 1. The largest absolute Gasteiger partial charge is 0.330 e. The van der Waals surface area contributed by atoms with Gasteiger partial charge in [0.15, 0.2) is 9.84 Å². The molecule has 0 heterocycles. The summed E-state index contributed by atoms with van der Waals surface area (Å²) in [5, 5.41) is 0.00678. The second-order valence-corrected chi connectivity index (χ2v) is 8.96. The van der Waals surface area contributed by atoms with Crippen LogP contribution in [0.1, 0.15) is 17.0 Å². The van der Waals surface area contributed by atoms with Gasteiger partial charge >= 0.3 is 0 Å². The monoisotopic (exact) mass is 364 g/mol. The van der Waals surface area contributed by atoms with Gasteiger partial charge in [-0.2, -0.15) is 0 Å². The zero-order valence-corrected chi connectivity index (χ0v) is 15.0. The van der Waals surface area contributed by atoms with Crippen LogP contribution in [0.3, 0.4) is 0 Å². The van der Waals surface area contributed by atoms with Gasteiger partial charge in [0.1, 0.15) is 0 Å². The molecule has 24 heavy (non-hydrogen) atoms. The first-order valence-corrected chi connectivity index (χ1v) is 9.75. The molecule has 1 saturated carbocycles. The van der Waals surface area contributed by atoms with Crippen LogP contribution in [0.5, 0.6) is 0 Å². The summed E-state index contributed by atoms with van der Waals surface area (Å²) in [4.78, 5) is 0.320. The molecule has 0 aromatic heterocycles. The van der Waals surface area contributed by atoms with E-state index < -0.39 is 20.5 Å². The van der Waals surface area contributed by atoms with Gasteiger partial charge in [-0.25, -0.2) is 8.42 Å². The minimum atomic E-state index is -3.51. The lowest BCUT2D eigenvalue weighted by Gasteiger charge is -2.13. The predicted molar refractivity (Wildman–Crippen MR) is 96.9 cm³/mol. The minimum absolute atomic E-state index is 0.212. The van der Waals surface area contributed by atoms with Gasteiger partial charge in [-0.3, -0.25) is 0 Å².